The van der Waals surface area contributed by atoms with Crippen LogP contribution in [0.4, 0.5) is 0 Å². The molecular weight excluding hydrogens is 348 g/mol. The van der Waals surface area contributed by atoms with Gasteiger partial charge >= 0.3 is 0 Å². The number of nitrogens with zero attached hydrogens (tertiary/aromatic N) is 3. The van der Waals surface area contributed by atoms with Crippen molar-refractivity contribution in [2.75, 3.05) is 0 Å². The average Bonchev–Trinajstić information content (AvgIpc) is 2.97. The van der Waals surface area contributed by atoms with Crippen LogP contribution < -0.4 is 4.72 Å². The minimum absolute atomic E-state index is 0.345. The summed E-state index contributed by atoms with van der Waals surface area (Å²) in [5.74, 6) is 0.605. The molecule has 3 aromatic rings. The Bertz CT molecular complexity index is 1020. The highest BCUT2D eigenvalue weighted by molar-refractivity contribution is 7.89. The van der Waals surface area contributed by atoms with Crippen LogP contribution in [-0.2, 0) is 10.0 Å². The van der Waals surface area contributed by atoms with E-state index in [9.17, 15) is 8.42 Å². The van der Waals surface area contributed by atoms with E-state index in [0.29, 0.717) is 22.8 Å². The van der Waals surface area contributed by atoms with Gasteiger partial charge in [0.25, 0.3) is 0 Å². The summed E-state index contributed by atoms with van der Waals surface area (Å²) in [7, 11) is -3.69. The van der Waals surface area contributed by atoms with Crippen LogP contribution in [0.1, 0.15) is 48.3 Å². The molecule has 0 aliphatic rings. The first-order valence-corrected chi connectivity index (χ1v) is 10.2. The highest BCUT2D eigenvalue weighted by Crippen LogP contribution is 2.25. The van der Waals surface area contributed by atoms with E-state index < -0.39 is 16.1 Å². The fourth-order valence-electron chi connectivity index (χ4n) is 3.46. The molecule has 0 aliphatic heterocycles. The minimum Gasteiger partial charge on any atom is -0.285 e. The molecule has 26 heavy (non-hydrogen) atoms. The summed E-state index contributed by atoms with van der Waals surface area (Å²) in [4.78, 5) is 0.345. The van der Waals surface area contributed by atoms with Gasteiger partial charge < -0.3 is 0 Å². The van der Waals surface area contributed by atoms with E-state index in [0.717, 1.165) is 23.1 Å². The molecule has 0 aliphatic carbocycles. The Labute approximate surface area is 154 Å². The SMILES string of the molecule is CCC[C@@H](NS(=O)(=O)c1c(C)cc(C)cc1C)c1nnc2ccccn12. The number of nitrogens with one attached hydrogen (secondary N) is 1. The number of rotatable bonds is 6. The molecule has 1 N–H and O–H groups in total. The van der Waals surface area contributed by atoms with Gasteiger partial charge in [0.15, 0.2) is 11.5 Å². The van der Waals surface area contributed by atoms with Crippen molar-refractivity contribution < 1.29 is 8.42 Å². The van der Waals surface area contributed by atoms with Gasteiger partial charge in [-0.15, -0.1) is 10.2 Å². The predicted molar refractivity (Wildman–Crippen MR) is 102 cm³/mol. The Hall–Kier alpha value is -2.25. The fraction of sp³-hybridized carbons (Fsp3) is 0.368. The van der Waals surface area contributed by atoms with Gasteiger partial charge in [-0.05, 0) is 50.5 Å². The Morgan fingerprint density at radius 3 is 2.46 bits per heavy atom. The van der Waals surface area contributed by atoms with Crippen molar-refractivity contribution in [2.45, 2.75) is 51.5 Å². The van der Waals surface area contributed by atoms with E-state index >= 15 is 0 Å². The number of aryl methyl sites for hydroxylation is 3. The molecule has 0 spiro atoms. The second kappa shape index (κ2) is 7.17. The fourth-order valence-corrected chi connectivity index (χ4v) is 5.15. The minimum atomic E-state index is -3.69. The van der Waals surface area contributed by atoms with Gasteiger partial charge in [-0.2, -0.15) is 0 Å². The smallest absolute Gasteiger partial charge is 0.241 e. The molecule has 6 nitrogen and oxygen atoms in total. The third-order valence-electron chi connectivity index (χ3n) is 4.40. The van der Waals surface area contributed by atoms with Gasteiger partial charge in [-0.1, -0.05) is 37.1 Å². The molecule has 0 saturated heterocycles. The third kappa shape index (κ3) is 3.50. The normalized spacial score (nSPS) is 13.2. The molecule has 1 atom stereocenters. The van der Waals surface area contributed by atoms with E-state index in [1.165, 1.54) is 0 Å². The summed E-state index contributed by atoms with van der Waals surface area (Å²) in [6.45, 7) is 7.64. The maximum atomic E-state index is 13.1. The Kier molecular flexibility index (Phi) is 5.11. The maximum absolute atomic E-state index is 13.1. The van der Waals surface area contributed by atoms with Crippen LogP contribution in [0.25, 0.3) is 5.65 Å². The first-order valence-electron chi connectivity index (χ1n) is 8.73. The Morgan fingerprint density at radius 2 is 1.81 bits per heavy atom. The molecule has 0 unspecified atom stereocenters. The van der Waals surface area contributed by atoms with E-state index in [-0.39, 0.29) is 0 Å². The van der Waals surface area contributed by atoms with Crippen molar-refractivity contribution in [1.82, 2.24) is 19.3 Å². The van der Waals surface area contributed by atoms with Crippen LogP contribution in [0.5, 0.6) is 0 Å². The molecule has 0 amide bonds. The number of aromatic nitrogens is 3. The second-order valence-corrected chi connectivity index (χ2v) is 8.33. The molecule has 2 heterocycles. The van der Waals surface area contributed by atoms with Gasteiger partial charge in [0.05, 0.1) is 10.9 Å². The van der Waals surface area contributed by atoms with Crippen LogP contribution in [0.2, 0.25) is 0 Å². The highest BCUT2D eigenvalue weighted by Gasteiger charge is 2.27. The summed E-state index contributed by atoms with van der Waals surface area (Å²) in [5, 5.41) is 8.39. The lowest BCUT2D eigenvalue weighted by atomic mass is 10.1. The van der Waals surface area contributed by atoms with Crippen molar-refractivity contribution in [3.8, 4) is 0 Å². The van der Waals surface area contributed by atoms with Crippen LogP contribution in [0, 0.1) is 20.8 Å². The zero-order valence-electron chi connectivity index (χ0n) is 15.5. The van der Waals surface area contributed by atoms with Gasteiger partial charge in [0.1, 0.15) is 0 Å². The van der Waals surface area contributed by atoms with Crippen LogP contribution in [0.15, 0.2) is 41.4 Å². The van der Waals surface area contributed by atoms with Crippen LogP contribution in [0.3, 0.4) is 0 Å². The molecule has 0 bridgehead atoms. The van der Waals surface area contributed by atoms with E-state index in [4.69, 9.17) is 0 Å². The number of fused-ring (bicyclic) bond motifs is 1. The molecule has 0 fully saturated rings. The quantitative estimate of drug-likeness (QED) is 0.719. The average molecular weight is 372 g/mol. The van der Waals surface area contributed by atoms with Gasteiger partial charge in [-0.3, -0.25) is 4.40 Å². The van der Waals surface area contributed by atoms with Gasteiger partial charge in [0, 0.05) is 6.20 Å². The van der Waals surface area contributed by atoms with Crippen LogP contribution >= 0.6 is 0 Å². The topological polar surface area (TPSA) is 76.4 Å². The van der Waals surface area contributed by atoms with Gasteiger partial charge in [0.2, 0.25) is 10.0 Å². The first kappa shape index (κ1) is 18.5. The lowest BCUT2D eigenvalue weighted by molar-refractivity contribution is 0.516. The summed E-state index contributed by atoms with van der Waals surface area (Å²) in [6.07, 6.45) is 3.31. The van der Waals surface area contributed by atoms with Crippen molar-refractivity contribution in [3.05, 3.63) is 59.0 Å². The molecule has 2 aromatic heterocycles. The van der Waals surface area contributed by atoms with E-state index in [1.807, 2.05) is 68.6 Å². The number of benzene rings is 1. The standard InChI is InChI=1S/C19H24N4O2S/c1-5-8-16(19-21-20-17-9-6-7-10-23(17)19)22-26(24,25)18-14(3)11-13(2)12-15(18)4/h6-7,9-12,16,22H,5,8H2,1-4H3/t16-/m1/s1. The highest BCUT2D eigenvalue weighted by atomic mass is 32.2. The number of hydrogen-bond donors (Lipinski definition) is 1. The molecular formula is C19H24N4O2S. The molecule has 3 rings (SSSR count). The summed E-state index contributed by atoms with van der Waals surface area (Å²) in [6, 6.07) is 8.95. The van der Waals surface area contributed by atoms with E-state index in [2.05, 4.69) is 14.9 Å². The zero-order chi connectivity index (χ0) is 18.9. The van der Waals surface area contributed by atoms with Crippen molar-refractivity contribution in [1.29, 1.82) is 0 Å². The monoisotopic (exact) mass is 372 g/mol. The predicted octanol–water partition coefficient (Wildman–Crippen LogP) is 3.47. The summed E-state index contributed by atoms with van der Waals surface area (Å²) >= 11 is 0. The van der Waals surface area contributed by atoms with Crippen LogP contribution in [-0.4, -0.2) is 23.0 Å². The largest absolute Gasteiger partial charge is 0.285 e. The Balaban J connectivity index is 2.03. The third-order valence-corrected chi connectivity index (χ3v) is 6.18. The first-order chi connectivity index (χ1) is 12.3. The lowest BCUT2D eigenvalue weighted by Gasteiger charge is -2.19. The van der Waals surface area contributed by atoms with Gasteiger partial charge in [-0.25, -0.2) is 13.1 Å². The molecule has 138 valence electrons. The molecule has 7 heteroatoms. The molecule has 0 radical (unpaired) electrons. The number of sulfonamides is 1. The van der Waals surface area contributed by atoms with Crippen molar-refractivity contribution in [3.63, 3.8) is 0 Å². The second-order valence-electron chi connectivity index (χ2n) is 6.68. The zero-order valence-corrected chi connectivity index (χ0v) is 16.3. The maximum Gasteiger partial charge on any atom is 0.241 e. The van der Waals surface area contributed by atoms with Crippen molar-refractivity contribution in [2.24, 2.45) is 0 Å². The lowest BCUT2D eigenvalue weighted by Crippen LogP contribution is -2.31. The summed E-state index contributed by atoms with van der Waals surface area (Å²) in [5.41, 5.74) is 3.24. The van der Waals surface area contributed by atoms with E-state index in [1.54, 1.807) is 0 Å². The Morgan fingerprint density at radius 1 is 1.12 bits per heavy atom. The van der Waals surface area contributed by atoms with Crippen molar-refractivity contribution >= 4 is 15.7 Å². The molecule has 0 saturated carbocycles. The number of pyridine rings is 1. The molecule has 1 aromatic carbocycles. The number of hydrogen-bond acceptors (Lipinski definition) is 4. The summed E-state index contributed by atoms with van der Waals surface area (Å²) < 4.78 is 31.0.